The lowest BCUT2D eigenvalue weighted by molar-refractivity contribution is -0.118. The molecule has 1 aromatic rings. The minimum Gasteiger partial charge on any atom is -0.366 e. The third-order valence-corrected chi connectivity index (χ3v) is 5.24. The van der Waals surface area contributed by atoms with Crippen molar-refractivity contribution in [2.24, 2.45) is 17.1 Å². The van der Waals surface area contributed by atoms with Crippen LogP contribution in [0.4, 0.5) is 5.69 Å². The average Bonchev–Trinajstić information content (AvgIpc) is 3.22. The topological polar surface area (TPSA) is 87.5 Å². The van der Waals surface area contributed by atoms with Gasteiger partial charge in [0.2, 0.25) is 11.8 Å². The van der Waals surface area contributed by atoms with Gasteiger partial charge in [-0.1, -0.05) is 6.07 Å². The summed E-state index contributed by atoms with van der Waals surface area (Å²) in [6.07, 6.45) is 3.10. The Balaban J connectivity index is 1.76. The maximum Gasteiger partial charge on any atom is 0.248 e. The molecule has 2 aliphatic rings. The Kier molecular flexibility index (Phi) is 4.60. The van der Waals surface area contributed by atoms with Crippen LogP contribution in [-0.4, -0.2) is 43.9 Å². The standard InChI is InChI=1S/C18H26N4O2/c1-22(2)11-13-4-3-12(16(19)23)9-15(13)21-17(24)14-10-18(14)5-7-20-8-6-18/h3-4,9,14,20H,5-8,10-11H2,1-2H3,(H2,19,23)(H,21,24). The molecule has 0 radical (unpaired) electrons. The first-order valence-electron chi connectivity index (χ1n) is 8.50. The summed E-state index contributed by atoms with van der Waals surface area (Å²) >= 11 is 0. The van der Waals surface area contributed by atoms with Gasteiger partial charge in [0.25, 0.3) is 0 Å². The van der Waals surface area contributed by atoms with Gasteiger partial charge in [-0.05, 0) is 69.6 Å². The number of hydrogen-bond donors (Lipinski definition) is 3. The van der Waals surface area contributed by atoms with Gasteiger partial charge >= 0.3 is 0 Å². The van der Waals surface area contributed by atoms with Gasteiger partial charge in [-0.2, -0.15) is 0 Å². The minimum absolute atomic E-state index is 0.0681. The van der Waals surface area contributed by atoms with Crippen molar-refractivity contribution in [2.45, 2.75) is 25.8 Å². The Morgan fingerprint density at radius 2 is 2.04 bits per heavy atom. The molecule has 3 rings (SSSR count). The highest BCUT2D eigenvalue weighted by molar-refractivity contribution is 5.98. The Bertz CT molecular complexity index is 650. The van der Waals surface area contributed by atoms with Crippen molar-refractivity contribution in [3.8, 4) is 0 Å². The van der Waals surface area contributed by atoms with Gasteiger partial charge in [0.05, 0.1) is 0 Å². The third kappa shape index (κ3) is 3.44. The number of primary amides is 1. The highest BCUT2D eigenvalue weighted by atomic mass is 16.2. The number of amides is 2. The summed E-state index contributed by atoms with van der Waals surface area (Å²) in [7, 11) is 3.94. The smallest absolute Gasteiger partial charge is 0.248 e. The Labute approximate surface area is 142 Å². The quantitative estimate of drug-likeness (QED) is 0.756. The summed E-state index contributed by atoms with van der Waals surface area (Å²) in [5, 5.41) is 6.40. The zero-order valence-corrected chi connectivity index (χ0v) is 14.4. The molecule has 6 nitrogen and oxygen atoms in total. The maximum absolute atomic E-state index is 12.7. The van der Waals surface area contributed by atoms with Crippen LogP contribution in [0.5, 0.6) is 0 Å². The third-order valence-electron chi connectivity index (χ3n) is 5.24. The second-order valence-corrected chi connectivity index (χ2v) is 7.33. The van der Waals surface area contributed by atoms with Crippen molar-refractivity contribution in [2.75, 3.05) is 32.5 Å². The first kappa shape index (κ1) is 16.9. The molecule has 1 heterocycles. The SMILES string of the molecule is CN(C)Cc1ccc(C(N)=O)cc1NC(=O)C1CC12CCNCC2. The van der Waals surface area contributed by atoms with Crippen molar-refractivity contribution >= 4 is 17.5 Å². The number of anilines is 1. The lowest BCUT2D eigenvalue weighted by Gasteiger charge is -2.23. The van der Waals surface area contributed by atoms with E-state index in [0.29, 0.717) is 17.8 Å². The van der Waals surface area contributed by atoms with E-state index in [1.54, 1.807) is 12.1 Å². The van der Waals surface area contributed by atoms with E-state index in [0.717, 1.165) is 37.9 Å². The molecule has 1 aliphatic heterocycles. The largest absolute Gasteiger partial charge is 0.366 e. The lowest BCUT2D eigenvalue weighted by atomic mass is 9.91. The van der Waals surface area contributed by atoms with Crippen molar-refractivity contribution in [1.82, 2.24) is 10.2 Å². The second-order valence-electron chi connectivity index (χ2n) is 7.33. The summed E-state index contributed by atoms with van der Waals surface area (Å²) in [4.78, 5) is 26.2. The molecule has 0 bridgehead atoms. The molecule has 24 heavy (non-hydrogen) atoms. The molecule has 1 unspecified atom stereocenters. The maximum atomic E-state index is 12.7. The average molecular weight is 330 g/mol. The number of benzene rings is 1. The summed E-state index contributed by atoms with van der Waals surface area (Å²) in [6.45, 7) is 2.67. The number of carbonyl (C=O) groups is 2. The predicted molar refractivity (Wildman–Crippen MR) is 93.6 cm³/mol. The van der Waals surface area contributed by atoms with Gasteiger partial charge in [0, 0.05) is 23.7 Å². The number of nitrogens with two attached hydrogens (primary N) is 1. The van der Waals surface area contributed by atoms with E-state index in [2.05, 4.69) is 10.6 Å². The van der Waals surface area contributed by atoms with Crippen LogP contribution >= 0.6 is 0 Å². The zero-order valence-electron chi connectivity index (χ0n) is 14.4. The normalized spacial score (nSPS) is 21.7. The molecule has 1 saturated heterocycles. The van der Waals surface area contributed by atoms with E-state index in [4.69, 9.17) is 5.73 Å². The summed E-state index contributed by atoms with van der Waals surface area (Å²) in [5.74, 6) is -0.328. The molecule has 1 aliphatic carbocycles. The Hall–Kier alpha value is -1.92. The predicted octanol–water partition coefficient (Wildman–Crippen LogP) is 1.18. The summed E-state index contributed by atoms with van der Waals surface area (Å²) in [5.41, 5.74) is 7.67. The lowest BCUT2D eigenvalue weighted by Crippen LogP contribution is -2.31. The number of piperidine rings is 1. The molecule has 2 amide bonds. The van der Waals surface area contributed by atoms with Crippen LogP contribution < -0.4 is 16.4 Å². The van der Waals surface area contributed by atoms with Crippen LogP contribution in [-0.2, 0) is 11.3 Å². The van der Waals surface area contributed by atoms with Crippen LogP contribution in [0.2, 0.25) is 0 Å². The van der Waals surface area contributed by atoms with E-state index in [9.17, 15) is 9.59 Å². The van der Waals surface area contributed by atoms with Crippen LogP contribution in [0.3, 0.4) is 0 Å². The first-order chi connectivity index (χ1) is 11.4. The fraction of sp³-hybridized carbons (Fsp3) is 0.556. The van der Waals surface area contributed by atoms with Crippen molar-refractivity contribution in [3.63, 3.8) is 0 Å². The summed E-state index contributed by atoms with van der Waals surface area (Å²) < 4.78 is 0. The highest BCUT2D eigenvalue weighted by Crippen LogP contribution is 2.58. The molecule has 2 fully saturated rings. The molecule has 1 atom stereocenters. The molecule has 1 saturated carbocycles. The number of rotatable bonds is 5. The molecule has 6 heteroatoms. The van der Waals surface area contributed by atoms with Gasteiger partial charge in [0.1, 0.15) is 0 Å². The molecule has 130 valence electrons. The number of nitrogens with zero attached hydrogens (tertiary/aromatic N) is 1. The van der Waals surface area contributed by atoms with Crippen LogP contribution in [0.15, 0.2) is 18.2 Å². The zero-order chi connectivity index (χ0) is 17.3. The number of hydrogen-bond acceptors (Lipinski definition) is 4. The van der Waals surface area contributed by atoms with Crippen molar-refractivity contribution < 1.29 is 9.59 Å². The molecule has 1 aromatic carbocycles. The van der Waals surface area contributed by atoms with E-state index < -0.39 is 5.91 Å². The van der Waals surface area contributed by atoms with Crippen LogP contribution in [0.1, 0.15) is 35.2 Å². The van der Waals surface area contributed by atoms with E-state index >= 15 is 0 Å². The van der Waals surface area contributed by atoms with Gasteiger partial charge in [-0.25, -0.2) is 0 Å². The highest BCUT2D eigenvalue weighted by Gasteiger charge is 2.57. The van der Waals surface area contributed by atoms with Gasteiger partial charge in [0.15, 0.2) is 0 Å². The van der Waals surface area contributed by atoms with Crippen LogP contribution in [0, 0.1) is 11.3 Å². The number of nitrogens with one attached hydrogen (secondary N) is 2. The van der Waals surface area contributed by atoms with E-state index in [-0.39, 0.29) is 17.2 Å². The molecule has 0 aromatic heterocycles. The van der Waals surface area contributed by atoms with E-state index in [1.165, 1.54) is 0 Å². The Morgan fingerprint density at radius 1 is 1.33 bits per heavy atom. The van der Waals surface area contributed by atoms with E-state index in [1.807, 2.05) is 25.1 Å². The fourth-order valence-corrected chi connectivity index (χ4v) is 3.74. The Morgan fingerprint density at radius 3 is 2.67 bits per heavy atom. The molecular formula is C18H26N4O2. The molecule has 1 spiro atoms. The van der Waals surface area contributed by atoms with Crippen molar-refractivity contribution in [3.05, 3.63) is 29.3 Å². The second kappa shape index (κ2) is 6.53. The monoisotopic (exact) mass is 330 g/mol. The first-order valence-corrected chi connectivity index (χ1v) is 8.50. The molecule has 4 N–H and O–H groups in total. The van der Waals surface area contributed by atoms with Crippen LogP contribution in [0.25, 0.3) is 0 Å². The van der Waals surface area contributed by atoms with Crippen molar-refractivity contribution in [1.29, 1.82) is 0 Å². The number of carbonyl (C=O) groups excluding carboxylic acids is 2. The van der Waals surface area contributed by atoms with Gasteiger partial charge < -0.3 is 21.3 Å². The minimum atomic E-state index is -0.483. The van der Waals surface area contributed by atoms with Gasteiger partial charge in [-0.15, -0.1) is 0 Å². The molecular weight excluding hydrogens is 304 g/mol. The van der Waals surface area contributed by atoms with Gasteiger partial charge in [-0.3, -0.25) is 9.59 Å². The fourth-order valence-electron chi connectivity index (χ4n) is 3.74. The summed E-state index contributed by atoms with van der Waals surface area (Å²) in [6, 6.07) is 5.27.